The van der Waals surface area contributed by atoms with Gasteiger partial charge in [-0.2, -0.15) is 0 Å². The van der Waals surface area contributed by atoms with Crippen LogP contribution in [0.3, 0.4) is 0 Å². The molecule has 2 aromatic rings. The van der Waals surface area contributed by atoms with E-state index in [4.69, 9.17) is 0 Å². The molecule has 0 bridgehead atoms. The van der Waals surface area contributed by atoms with Crippen LogP contribution in [0.1, 0.15) is 5.69 Å². The number of hydrogen-bond acceptors (Lipinski definition) is 2. The van der Waals surface area contributed by atoms with Crippen molar-refractivity contribution in [3.8, 4) is 11.4 Å². The first-order chi connectivity index (χ1) is 8.40. The number of benzene rings is 1. The maximum absolute atomic E-state index is 13.8. The first-order valence-electron chi connectivity index (χ1n) is 4.97. The van der Waals surface area contributed by atoms with E-state index in [1.807, 2.05) is 0 Å². The fourth-order valence-corrected chi connectivity index (χ4v) is 2.12. The maximum atomic E-state index is 13.8. The Morgan fingerprint density at radius 1 is 1.17 bits per heavy atom. The van der Waals surface area contributed by atoms with Crippen LogP contribution in [0.2, 0.25) is 0 Å². The number of aromatic hydroxyl groups is 1. The summed E-state index contributed by atoms with van der Waals surface area (Å²) in [6.45, 7) is 1.47. The molecular formula is C12H8BrF2NO2. The predicted molar refractivity (Wildman–Crippen MR) is 66.1 cm³/mol. The van der Waals surface area contributed by atoms with Gasteiger partial charge in [0.2, 0.25) is 0 Å². The lowest BCUT2D eigenvalue weighted by atomic mass is 10.2. The lowest BCUT2D eigenvalue weighted by Crippen LogP contribution is -2.21. The molecule has 0 aliphatic rings. The summed E-state index contributed by atoms with van der Waals surface area (Å²) in [4.78, 5) is 11.7. The van der Waals surface area contributed by atoms with Gasteiger partial charge in [0.25, 0.3) is 5.56 Å². The number of halogens is 3. The molecule has 94 valence electrons. The van der Waals surface area contributed by atoms with E-state index in [0.717, 1.165) is 22.8 Å². The first kappa shape index (κ1) is 12.8. The largest absolute Gasteiger partial charge is 0.508 e. The molecule has 18 heavy (non-hydrogen) atoms. The third-order valence-corrected chi connectivity index (χ3v) is 2.86. The molecule has 0 saturated heterocycles. The molecule has 1 N–H and O–H groups in total. The van der Waals surface area contributed by atoms with Gasteiger partial charge in [0.15, 0.2) is 11.6 Å². The fraction of sp³-hybridized carbons (Fsp3) is 0.0833. The molecule has 0 atom stereocenters. The van der Waals surface area contributed by atoms with Crippen LogP contribution in [0.25, 0.3) is 5.69 Å². The van der Waals surface area contributed by atoms with Crippen molar-refractivity contribution in [1.82, 2.24) is 4.57 Å². The van der Waals surface area contributed by atoms with E-state index in [1.165, 1.54) is 13.0 Å². The predicted octanol–water partition coefficient (Wildman–Crippen LogP) is 2.89. The number of rotatable bonds is 1. The number of aryl methyl sites for hydroxylation is 1. The Hall–Kier alpha value is -1.69. The van der Waals surface area contributed by atoms with Crippen molar-refractivity contribution in [3.05, 3.63) is 56.4 Å². The minimum absolute atomic E-state index is 0.236. The molecule has 0 amide bonds. The van der Waals surface area contributed by atoms with Gasteiger partial charge in [-0.05, 0) is 25.1 Å². The molecule has 3 nitrogen and oxygen atoms in total. The average molecular weight is 316 g/mol. The SMILES string of the molecule is Cc1cc(O)cc(=O)n1-c1c(F)cc(Br)cc1F. The van der Waals surface area contributed by atoms with E-state index in [1.54, 1.807) is 0 Å². The fourth-order valence-electron chi connectivity index (χ4n) is 1.72. The summed E-state index contributed by atoms with van der Waals surface area (Å²) < 4.78 is 28.6. The van der Waals surface area contributed by atoms with Crippen LogP contribution in [-0.2, 0) is 0 Å². The van der Waals surface area contributed by atoms with Gasteiger partial charge in [-0.15, -0.1) is 0 Å². The Morgan fingerprint density at radius 3 is 2.22 bits per heavy atom. The van der Waals surface area contributed by atoms with Gasteiger partial charge in [-0.1, -0.05) is 15.9 Å². The van der Waals surface area contributed by atoms with E-state index >= 15 is 0 Å². The molecule has 1 aromatic heterocycles. The molecule has 0 fully saturated rings. The maximum Gasteiger partial charge on any atom is 0.259 e. The van der Waals surface area contributed by atoms with Crippen molar-refractivity contribution >= 4 is 15.9 Å². The van der Waals surface area contributed by atoms with E-state index in [9.17, 15) is 18.7 Å². The molecule has 0 aliphatic heterocycles. The summed E-state index contributed by atoms with van der Waals surface area (Å²) >= 11 is 2.96. The van der Waals surface area contributed by atoms with Gasteiger partial charge in [-0.3, -0.25) is 9.36 Å². The Balaban J connectivity index is 2.82. The normalized spacial score (nSPS) is 10.7. The molecule has 2 rings (SSSR count). The zero-order valence-electron chi connectivity index (χ0n) is 9.25. The summed E-state index contributed by atoms with van der Waals surface area (Å²) in [6.07, 6.45) is 0. The van der Waals surface area contributed by atoms with Crippen molar-refractivity contribution in [2.24, 2.45) is 0 Å². The van der Waals surface area contributed by atoms with Crippen molar-refractivity contribution < 1.29 is 13.9 Å². The van der Waals surface area contributed by atoms with Crippen molar-refractivity contribution in [1.29, 1.82) is 0 Å². The number of nitrogens with zero attached hydrogens (tertiary/aromatic N) is 1. The third kappa shape index (κ3) is 2.15. The molecule has 1 heterocycles. The highest BCUT2D eigenvalue weighted by Gasteiger charge is 2.16. The summed E-state index contributed by atoms with van der Waals surface area (Å²) in [5.74, 6) is -1.97. The lowest BCUT2D eigenvalue weighted by Gasteiger charge is -2.12. The zero-order chi connectivity index (χ0) is 13.4. The lowest BCUT2D eigenvalue weighted by molar-refractivity contribution is 0.471. The monoisotopic (exact) mass is 315 g/mol. The van der Waals surface area contributed by atoms with Gasteiger partial charge in [0.05, 0.1) is 0 Å². The Kier molecular flexibility index (Phi) is 3.21. The molecular weight excluding hydrogens is 308 g/mol. The zero-order valence-corrected chi connectivity index (χ0v) is 10.8. The number of hydrogen-bond donors (Lipinski definition) is 1. The second-order valence-corrected chi connectivity index (χ2v) is 4.66. The Morgan fingerprint density at radius 2 is 1.72 bits per heavy atom. The number of pyridine rings is 1. The van der Waals surface area contributed by atoms with Gasteiger partial charge in [-0.25, -0.2) is 8.78 Å². The van der Waals surface area contributed by atoms with Crippen LogP contribution in [0.4, 0.5) is 8.78 Å². The highest BCUT2D eigenvalue weighted by molar-refractivity contribution is 9.10. The van der Waals surface area contributed by atoms with Gasteiger partial charge in [0, 0.05) is 16.2 Å². The highest BCUT2D eigenvalue weighted by Crippen LogP contribution is 2.23. The molecule has 0 radical (unpaired) electrons. The molecule has 1 aromatic carbocycles. The van der Waals surface area contributed by atoms with E-state index in [0.29, 0.717) is 0 Å². The smallest absolute Gasteiger partial charge is 0.259 e. The van der Waals surface area contributed by atoms with Crippen LogP contribution in [0, 0.1) is 18.6 Å². The average Bonchev–Trinajstić information content (AvgIpc) is 2.20. The molecule has 0 saturated carbocycles. The summed E-state index contributed by atoms with van der Waals surface area (Å²) in [5.41, 5.74) is -0.923. The standard InChI is InChI=1S/C12H8BrF2NO2/c1-6-2-8(17)5-11(18)16(6)12-9(14)3-7(13)4-10(12)15/h2-5,17H,1H3. The van der Waals surface area contributed by atoms with Crippen molar-refractivity contribution in [2.75, 3.05) is 0 Å². The topological polar surface area (TPSA) is 42.2 Å². The Bertz CT molecular complexity index is 659. The minimum Gasteiger partial charge on any atom is -0.508 e. The quantitative estimate of drug-likeness (QED) is 0.879. The summed E-state index contributed by atoms with van der Waals surface area (Å²) in [7, 11) is 0. The second kappa shape index (κ2) is 4.53. The molecule has 6 heteroatoms. The van der Waals surface area contributed by atoms with E-state index in [-0.39, 0.29) is 15.9 Å². The summed E-state index contributed by atoms with van der Waals surface area (Å²) in [5, 5.41) is 9.24. The van der Waals surface area contributed by atoms with Crippen molar-refractivity contribution in [3.63, 3.8) is 0 Å². The van der Waals surface area contributed by atoms with Crippen LogP contribution < -0.4 is 5.56 Å². The third-order valence-electron chi connectivity index (χ3n) is 2.41. The van der Waals surface area contributed by atoms with Crippen LogP contribution in [-0.4, -0.2) is 9.67 Å². The van der Waals surface area contributed by atoms with Crippen LogP contribution >= 0.6 is 15.9 Å². The van der Waals surface area contributed by atoms with Gasteiger partial charge >= 0.3 is 0 Å². The Labute approximate surface area is 109 Å². The van der Waals surface area contributed by atoms with Gasteiger partial charge < -0.3 is 5.11 Å². The van der Waals surface area contributed by atoms with Crippen molar-refractivity contribution in [2.45, 2.75) is 6.92 Å². The highest BCUT2D eigenvalue weighted by atomic mass is 79.9. The van der Waals surface area contributed by atoms with E-state index in [2.05, 4.69) is 15.9 Å². The summed E-state index contributed by atoms with van der Waals surface area (Å²) in [6, 6.07) is 4.28. The van der Waals surface area contributed by atoms with Gasteiger partial charge in [0.1, 0.15) is 11.4 Å². The first-order valence-corrected chi connectivity index (χ1v) is 5.77. The van der Waals surface area contributed by atoms with E-state index < -0.39 is 22.9 Å². The molecule has 0 spiro atoms. The van der Waals surface area contributed by atoms with Crippen LogP contribution in [0.15, 0.2) is 33.5 Å². The van der Waals surface area contributed by atoms with Crippen LogP contribution in [0.5, 0.6) is 5.75 Å². The molecule has 0 aliphatic carbocycles. The minimum atomic E-state index is -0.863. The number of aromatic nitrogens is 1. The second-order valence-electron chi connectivity index (χ2n) is 3.75. The molecule has 0 unspecified atom stereocenters.